The van der Waals surface area contributed by atoms with Gasteiger partial charge in [-0.2, -0.15) is 0 Å². The first kappa shape index (κ1) is 13.9. The molecule has 1 aromatic rings. The van der Waals surface area contributed by atoms with Crippen molar-refractivity contribution in [2.24, 2.45) is 0 Å². The number of hydrogen-bond donors (Lipinski definition) is 1. The van der Waals surface area contributed by atoms with Gasteiger partial charge in [0, 0.05) is 51.5 Å². The molecule has 2 fully saturated rings. The molecule has 20 heavy (non-hydrogen) atoms. The number of piperazine rings is 1. The molecule has 0 bridgehead atoms. The van der Waals surface area contributed by atoms with Crippen molar-refractivity contribution in [2.45, 2.75) is 19.1 Å². The van der Waals surface area contributed by atoms with Crippen molar-refractivity contribution in [3.05, 3.63) is 30.3 Å². The summed E-state index contributed by atoms with van der Waals surface area (Å²) in [6.45, 7) is 9.65. The Morgan fingerprint density at radius 2 is 1.85 bits per heavy atom. The standard InChI is InChI=1S/C16H25N3O/c1-14-11-17-12-16(20-14)13-18-7-9-19(10-8-18)15-5-3-2-4-6-15/h2-6,14,16-17H,7-13H2,1H3/t14-,16+/m1/s1. The zero-order chi connectivity index (χ0) is 13.8. The van der Waals surface area contributed by atoms with Crippen molar-refractivity contribution in [3.8, 4) is 0 Å². The fourth-order valence-electron chi connectivity index (χ4n) is 3.10. The maximum Gasteiger partial charge on any atom is 0.0830 e. The Morgan fingerprint density at radius 3 is 2.55 bits per heavy atom. The van der Waals surface area contributed by atoms with Gasteiger partial charge in [-0.1, -0.05) is 18.2 Å². The number of para-hydroxylation sites is 1. The van der Waals surface area contributed by atoms with E-state index < -0.39 is 0 Å². The molecular weight excluding hydrogens is 250 g/mol. The minimum Gasteiger partial charge on any atom is -0.371 e. The molecular formula is C16H25N3O. The Bertz CT molecular complexity index is 403. The molecule has 1 N–H and O–H groups in total. The molecule has 0 aliphatic carbocycles. The number of nitrogens with one attached hydrogen (secondary N) is 1. The number of nitrogens with zero attached hydrogens (tertiary/aromatic N) is 2. The van der Waals surface area contributed by atoms with Crippen LogP contribution in [0.15, 0.2) is 30.3 Å². The fourth-order valence-corrected chi connectivity index (χ4v) is 3.10. The lowest BCUT2D eigenvalue weighted by molar-refractivity contribution is -0.0428. The zero-order valence-corrected chi connectivity index (χ0v) is 12.3. The lowest BCUT2D eigenvalue weighted by Gasteiger charge is -2.39. The molecule has 4 heteroatoms. The van der Waals surface area contributed by atoms with Crippen molar-refractivity contribution >= 4 is 5.69 Å². The van der Waals surface area contributed by atoms with Gasteiger partial charge in [-0.25, -0.2) is 0 Å². The van der Waals surface area contributed by atoms with Crippen molar-refractivity contribution in [2.75, 3.05) is 50.7 Å². The van der Waals surface area contributed by atoms with Crippen LogP contribution in [0.5, 0.6) is 0 Å². The summed E-state index contributed by atoms with van der Waals surface area (Å²) in [7, 11) is 0. The predicted octanol–water partition coefficient (Wildman–Crippen LogP) is 1.19. The van der Waals surface area contributed by atoms with Crippen LogP contribution in [0.3, 0.4) is 0 Å². The summed E-state index contributed by atoms with van der Waals surface area (Å²) in [6, 6.07) is 10.7. The molecule has 2 saturated heterocycles. The maximum atomic E-state index is 5.98. The van der Waals surface area contributed by atoms with E-state index in [1.807, 2.05) is 0 Å². The van der Waals surface area contributed by atoms with E-state index >= 15 is 0 Å². The molecule has 0 radical (unpaired) electrons. The quantitative estimate of drug-likeness (QED) is 0.897. The third-order valence-electron chi connectivity index (χ3n) is 4.18. The largest absolute Gasteiger partial charge is 0.371 e. The third-order valence-corrected chi connectivity index (χ3v) is 4.18. The van der Waals surface area contributed by atoms with Gasteiger partial charge >= 0.3 is 0 Å². The van der Waals surface area contributed by atoms with E-state index in [0.717, 1.165) is 45.8 Å². The molecule has 110 valence electrons. The predicted molar refractivity (Wildman–Crippen MR) is 82.3 cm³/mol. The van der Waals surface area contributed by atoms with Gasteiger partial charge in [0.15, 0.2) is 0 Å². The molecule has 2 atom stereocenters. The second kappa shape index (κ2) is 6.57. The van der Waals surface area contributed by atoms with Crippen LogP contribution in [0.4, 0.5) is 5.69 Å². The number of anilines is 1. The molecule has 0 spiro atoms. The monoisotopic (exact) mass is 275 g/mol. The molecule has 0 amide bonds. The summed E-state index contributed by atoms with van der Waals surface area (Å²) in [6.07, 6.45) is 0.696. The number of ether oxygens (including phenoxy) is 1. The lowest BCUT2D eigenvalue weighted by Crippen LogP contribution is -2.53. The Kier molecular flexibility index (Phi) is 4.55. The van der Waals surface area contributed by atoms with Crippen LogP contribution in [0, 0.1) is 0 Å². The number of benzene rings is 1. The van der Waals surface area contributed by atoms with E-state index in [9.17, 15) is 0 Å². The molecule has 2 aliphatic rings. The number of hydrogen-bond acceptors (Lipinski definition) is 4. The second-order valence-electron chi connectivity index (χ2n) is 5.85. The minimum atomic E-state index is 0.347. The van der Waals surface area contributed by atoms with Crippen molar-refractivity contribution in [1.29, 1.82) is 0 Å². The summed E-state index contributed by atoms with van der Waals surface area (Å²) in [5, 5.41) is 3.45. The molecule has 2 heterocycles. The van der Waals surface area contributed by atoms with Crippen LogP contribution in [-0.4, -0.2) is 62.9 Å². The molecule has 0 saturated carbocycles. The zero-order valence-electron chi connectivity index (χ0n) is 12.3. The average Bonchev–Trinajstić information content (AvgIpc) is 2.49. The van der Waals surface area contributed by atoms with Crippen molar-refractivity contribution in [1.82, 2.24) is 10.2 Å². The lowest BCUT2D eigenvalue weighted by atomic mass is 10.2. The smallest absolute Gasteiger partial charge is 0.0830 e. The van der Waals surface area contributed by atoms with E-state index in [-0.39, 0.29) is 0 Å². The van der Waals surface area contributed by atoms with Gasteiger partial charge < -0.3 is 15.0 Å². The maximum absolute atomic E-state index is 5.98. The highest BCUT2D eigenvalue weighted by atomic mass is 16.5. The highest BCUT2D eigenvalue weighted by molar-refractivity contribution is 5.46. The first-order valence-corrected chi connectivity index (χ1v) is 7.70. The van der Waals surface area contributed by atoms with Crippen molar-refractivity contribution < 1.29 is 4.74 Å². The van der Waals surface area contributed by atoms with Crippen LogP contribution in [0.2, 0.25) is 0 Å². The normalized spacial score (nSPS) is 28.6. The van der Waals surface area contributed by atoms with Crippen LogP contribution in [0.1, 0.15) is 6.92 Å². The highest BCUT2D eigenvalue weighted by Crippen LogP contribution is 2.16. The first-order valence-electron chi connectivity index (χ1n) is 7.70. The molecule has 0 unspecified atom stereocenters. The fraction of sp³-hybridized carbons (Fsp3) is 0.625. The number of rotatable bonds is 3. The minimum absolute atomic E-state index is 0.347. The molecule has 2 aliphatic heterocycles. The van der Waals surface area contributed by atoms with E-state index in [4.69, 9.17) is 4.74 Å². The van der Waals surface area contributed by atoms with Crippen LogP contribution in [0.25, 0.3) is 0 Å². The van der Waals surface area contributed by atoms with Crippen LogP contribution in [-0.2, 0) is 4.74 Å². The number of morpholine rings is 1. The molecule has 0 aromatic heterocycles. The Labute approximate surface area is 121 Å². The van der Waals surface area contributed by atoms with E-state index in [1.165, 1.54) is 5.69 Å². The van der Waals surface area contributed by atoms with E-state index in [0.29, 0.717) is 12.2 Å². The summed E-state index contributed by atoms with van der Waals surface area (Å²) >= 11 is 0. The first-order chi connectivity index (χ1) is 9.81. The highest BCUT2D eigenvalue weighted by Gasteiger charge is 2.24. The summed E-state index contributed by atoms with van der Waals surface area (Å²) in [5.41, 5.74) is 1.34. The molecule has 4 nitrogen and oxygen atoms in total. The topological polar surface area (TPSA) is 27.7 Å². The van der Waals surface area contributed by atoms with Crippen LogP contribution < -0.4 is 10.2 Å². The van der Waals surface area contributed by atoms with Crippen LogP contribution >= 0.6 is 0 Å². The Morgan fingerprint density at radius 1 is 1.10 bits per heavy atom. The van der Waals surface area contributed by atoms with Gasteiger partial charge in [0.2, 0.25) is 0 Å². The van der Waals surface area contributed by atoms with Gasteiger partial charge in [-0.15, -0.1) is 0 Å². The van der Waals surface area contributed by atoms with E-state index in [2.05, 4.69) is 52.4 Å². The van der Waals surface area contributed by atoms with Gasteiger partial charge in [0.05, 0.1) is 12.2 Å². The average molecular weight is 275 g/mol. The Balaban J connectivity index is 1.46. The van der Waals surface area contributed by atoms with Crippen molar-refractivity contribution in [3.63, 3.8) is 0 Å². The van der Waals surface area contributed by atoms with E-state index in [1.54, 1.807) is 0 Å². The van der Waals surface area contributed by atoms with Gasteiger partial charge in [-0.05, 0) is 19.1 Å². The molecule has 1 aromatic carbocycles. The van der Waals surface area contributed by atoms with Gasteiger partial charge in [0.25, 0.3) is 0 Å². The summed E-state index contributed by atoms with van der Waals surface area (Å²) < 4.78 is 5.98. The van der Waals surface area contributed by atoms with Gasteiger partial charge in [-0.3, -0.25) is 4.90 Å². The van der Waals surface area contributed by atoms with Gasteiger partial charge in [0.1, 0.15) is 0 Å². The molecule has 3 rings (SSSR count). The third kappa shape index (κ3) is 3.51. The summed E-state index contributed by atoms with van der Waals surface area (Å²) in [4.78, 5) is 5.00. The second-order valence-corrected chi connectivity index (χ2v) is 5.85. The SMILES string of the molecule is C[C@@H]1CNC[C@@H](CN2CCN(c3ccccc3)CC2)O1. The summed E-state index contributed by atoms with van der Waals surface area (Å²) in [5.74, 6) is 0. The Hall–Kier alpha value is -1.10.